The molecule has 4 nitrogen and oxygen atoms in total. The summed E-state index contributed by atoms with van der Waals surface area (Å²) in [6.45, 7) is 0. The fourth-order valence-electron chi connectivity index (χ4n) is 2.71. The molecule has 2 aromatic carbocycles. The number of rotatable bonds is 5. The maximum absolute atomic E-state index is 11.7. The molecule has 0 aliphatic carbocycles. The molecule has 0 bridgehead atoms. The maximum atomic E-state index is 11.7. The number of fused-ring (bicyclic) bond motifs is 1. The van der Waals surface area contributed by atoms with Crippen molar-refractivity contribution in [3.05, 3.63) is 59.0 Å². The molecule has 0 fully saturated rings. The number of carboxylic acid groups (broad SMARTS) is 1. The predicted octanol–water partition coefficient (Wildman–Crippen LogP) is 4.37. The zero-order valence-electron chi connectivity index (χ0n) is 13.1. The van der Waals surface area contributed by atoms with Gasteiger partial charge in [-0.3, -0.25) is 4.79 Å². The summed E-state index contributed by atoms with van der Waals surface area (Å²) in [5.74, 6) is -1.18. The first kappa shape index (κ1) is 16.2. The first-order valence-corrected chi connectivity index (χ1v) is 8.32. The molecule has 122 valence electrons. The molecule has 3 aromatic rings. The lowest BCUT2D eigenvalue weighted by Gasteiger charge is -2.06. The number of thiophene rings is 1. The van der Waals surface area contributed by atoms with Gasteiger partial charge < -0.3 is 9.84 Å². The molecule has 0 aliphatic rings. The summed E-state index contributed by atoms with van der Waals surface area (Å²) in [5.41, 5.74) is 2.57. The number of aryl methyl sites for hydroxylation is 1. The van der Waals surface area contributed by atoms with Crippen LogP contribution in [-0.4, -0.2) is 24.2 Å². The van der Waals surface area contributed by atoms with E-state index < -0.39 is 5.97 Å². The smallest absolute Gasteiger partial charge is 0.346 e. The summed E-state index contributed by atoms with van der Waals surface area (Å²) < 4.78 is 5.62. The van der Waals surface area contributed by atoms with Gasteiger partial charge in [0.05, 0.1) is 7.11 Å². The van der Waals surface area contributed by atoms with E-state index in [4.69, 9.17) is 0 Å². The van der Waals surface area contributed by atoms with Crippen molar-refractivity contribution >= 4 is 33.4 Å². The van der Waals surface area contributed by atoms with E-state index >= 15 is 0 Å². The molecule has 0 saturated heterocycles. The van der Waals surface area contributed by atoms with Gasteiger partial charge in [0.15, 0.2) is 0 Å². The van der Waals surface area contributed by atoms with Crippen molar-refractivity contribution in [3.63, 3.8) is 0 Å². The van der Waals surface area contributed by atoms with Gasteiger partial charge >= 0.3 is 11.9 Å². The quantitative estimate of drug-likeness (QED) is 0.701. The van der Waals surface area contributed by atoms with E-state index in [1.54, 1.807) is 0 Å². The third-order valence-corrected chi connectivity index (χ3v) is 5.01. The molecule has 0 amide bonds. The molecule has 0 radical (unpaired) electrons. The minimum absolute atomic E-state index is 0.257. The fraction of sp³-hybridized carbons (Fsp3) is 0.158. The van der Waals surface area contributed by atoms with Crippen molar-refractivity contribution in [1.29, 1.82) is 0 Å². The monoisotopic (exact) mass is 340 g/mol. The Morgan fingerprint density at radius 1 is 1.12 bits per heavy atom. The van der Waals surface area contributed by atoms with Crippen LogP contribution in [0.1, 0.15) is 21.7 Å². The van der Waals surface area contributed by atoms with Gasteiger partial charge in [0.2, 0.25) is 0 Å². The summed E-state index contributed by atoms with van der Waals surface area (Å²) in [4.78, 5) is 23.3. The van der Waals surface area contributed by atoms with Crippen molar-refractivity contribution in [3.8, 4) is 11.1 Å². The van der Waals surface area contributed by atoms with Gasteiger partial charge in [0.1, 0.15) is 4.88 Å². The summed E-state index contributed by atoms with van der Waals surface area (Å²) >= 11 is 1.28. The number of carboxylic acids is 1. The number of carbonyl (C=O) groups is 2. The zero-order chi connectivity index (χ0) is 17.1. The molecule has 0 unspecified atom stereocenters. The van der Waals surface area contributed by atoms with Gasteiger partial charge in [0, 0.05) is 22.1 Å². The number of carbonyl (C=O) groups excluding carboxylic acids is 1. The number of benzene rings is 2. The average Bonchev–Trinajstić information content (AvgIpc) is 2.99. The highest BCUT2D eigenvalue weighted by molar-refractivity contribution is 7.21. The first-order valence-electron chi connectivity index (χ1n) is 7.51. The molecule has 1 N–H and O–H groups in total. The number of ether oxygens (including phenoxy) is 1. The Bertz CT molecular complexity index is 911. The van der Waals surface area contributed by atoms with Crippen LogP contribution in [0.5, 0.6) is 0 Å². The highest BCUT2D eigenvalue weighted by Crippen LogP contribution is 2.39. The lowest BCUT2D eigenvalue weighted by atomic mass is 9.98. The number of hydrogen-bond acceptors (Lipinski definition) is 4. The standard InChI is InChI=1S/C19H16O4S/c1-23-16(20)10-9-12-5-4-6-13(11-12)17-14-7-2-3-8-15(14)24-18(17)19(21)22/h2-8,11H,9-10H2,1H3,(H,21,22). The number of methoxy groups -OCH3 is 1. The van der Waals surface area contributed by atoms with Crippen LogP contribution in [0.25, 0.3) is 21.2 Å². The second-order valence-corrected chi connectivity index (χ2v) is 6.44. The van der Waals surface area contributed by atoms with E-state index in [1.165, 1.54) is 18.4 Å². The van der Waals surface area contributed by atoms with Crippen LogP contribution in [0.4, 0.5) is 0 Å². The van der Waals surface area contributed by atoms with Crippen molar-refractivity contribution in [2.75, 3.05) is 7.11 Å². The molecule has 24 heavy (non-hydrogen) atoms. The second-order valence-electron chi connectivity index (χ2n) is 5.38. The molecule has 0 saturated carbocycles. The minimum Gasteiger partial charge on any atom is -0.477 e. The summed E-state index contributed by atoms with van der Waals surface area (Å²) in [7, 11) is 1.37. The predicted molar refractivity (Wildman–Crippen MR) is 94.6 cm³/mol. The number of esters is 1. The molecule has 3 rings (SSSR count). The summed E-state index contributed by atoms with van der Waals surface area (Å²) in [6.07, 6.45) is 0.862. The van der Waals surface area contributed by atoms with Crippen molar-refractivity contribution < 1.29 is 19.4 Å². The van der Waals surface area contributed by atoms with E-state index in [0.29, 0.717) is 17.7 Å². The van der Waals surface area contributed by atoms with Crippen LogP contribution in [0.15, 0.2) is 48.5 Å². The van der Waals surface area contributed by atoms with E-state index in [1.807, 2.05) is 48.5 Å². The summed E-state index contributed by atoms with van der Waals surface area (Å²) in [5, 5.41) is 10.5. The van der Waals surface area contributed by atoms with Gasteiger partial charge in [-0.25, -0.2) is 4.79 Å². The van der Waals surface area contributed by atoms with Gasteiger partial charge in [-0.05, 0) is 23.6 Å². The third-order valence-electron chi connectivity index (χ3n) is 3.85. The number of aromatic carboxylic acids is 1. The van der Waals surface area contributed by atoms with Crippen molar-refractivity contribution in [2.24, 2.45) is 0 Å². The van der Waals surface area contributed by atoms with Crippen LogP contribution in [0, 0.1) is 0 Å². The topological polar surface area (TPSA) is 63.6 Å². The molecule has 0 aliphatic heterocycles. The van der Waals surface area contributed by atoms with Gasteiger partial charge in [-0.1, -0.05) is 42.5 Å². The molecule has 0 spiro atoms. The normalized spacial score (nSPS) is 10.7. The van der Waals surface area contributed by atoms with Crippen molar-refractivity contribution in [1.82, 2.24) is 0 Å². The van der Waals surface area contributed by atoms with Gasteiger partial charge in [-0.2, -0.15) is 0 Å². The van der Waals surface area contributed by atoms with Crippen LogP contribution < -0.4 is 0 Å². The Morgan fingerprint density at radius 3 is 2.67 bits per heavy atom. The SMILES string of the molecule is COC(=O)CCc1cccc(-c2c(C(=O)O)sc3ccccc23)c1. The fourth-order valence-corrected chi connectivity index (χ4v) is 3.78. The van der Waals surface area contributed by atoms with Crippen LogP contribution >= 0.6 is 11.3 Å². The zero-order valence-corrected chi connectivity index (χ0v) is 13.9. The van der Waals surface area contributed by atoms with E-state index in [2.05, 4.69) is 4.74 Å². The summed E-state index contributed by atoms with van der Waals surface area (Å²) in [6, 6.07) is 15.4. The van der Waals surface area contributed by atoms with Gasteiger partial charge in [-0.15, -0.1) is 11.3 Å². The Labute approximate surface area is 143 Å². The minimum atomic E-state index is -0.925. The number of hydrogen-bond donors (Lipinski definition) is 1. The Kier molecular flexibility index (Phi) is 4.62. The van der Waals surface area contributed by atoms with E-state index in [9.17, 15) is 14.7 Å². The second kappa shape index (κ2) is 6.84. The maximum Gasteiger partial charge on any atom is 0.346 e. The highest BCUT2D eigenvalue weighted by Gasteiger charge is 2.19. The Hall–Kier alpha value is -2.66. The molecule has 5 heteroatoms. The molecule has 1 heterocycles. The van der Waals surface area contributed by atoms with E-state index in [-0.39, 0.29) is 5.97 Å². The molecule has 0 atom stereocenters. The van der Waals surface area contributed by atoms with Crippen LogP contribution in [0.3, 0.4) is 0 Å². The van der Waals surface area contributed by atoms with Crippen LogP contribution in [0.2, 0.25) is 0 Å². The highest BCUT2D eigenvalue weighted by atomic mass is 32.1. The van der Waals surface area contributed by atoms with Crippen molar-refractivity contribution in [2.45, 2.75) is 12.8 Å². The lowest BCUT2D eigenvalue weighted by molar-refractivity contribution is -0.140. The van der Waals surface area contributed by atoms with Crippen LogP contribution in [-0.2, 0) is 16.0 Å². The average molecular weight is 340 g/mol. The lowest BCUT2D eigenvalue weighted by Crippen LogP contribution is -2.02. The van der Waals surface area contributed by atoms with E-state index in [0.717, 1.165) is 26.8 Å². The third kappa shape index (κ3) is 3.16. The Balaban J connectivity index is 2.05. The molecular weight excluding hydrogens is 324 g/mol. The Morgan fingerprint density at radius 2 is 1.92 bits per heavy atom. The van der Waals surface area contributed by atoms with Gasteiger partial charge in [0.25, 0.3) is 0 Å². The largest absolute Gasteiger partial charge is 0.477 e. The molecular formula is C19H16O4S. The molecule has 1 aromatic heterocycles. The first-order chi connectivity index (χ1) is 11.6.